The molecule has 0 radical (unpaired) electrons. The molecule has 0 bridgehead atoms. The number of hydrogen-bond acceptors (Lipinski definition) is 3. The molecule has 1 unspecified atom stereocenters. The van der Waals surface area contributed by atoms with E-state index in [1.54, 1.807) is 31.3 Å². The van der Waals surface area contributed by atoms with Crippen molar-refractivity contribution in [2.24, 2.45) is 5.92 Å². The maximum absolute atomic E-state index is 13.4. The molecule has 2 atom stereocenters. The second-order valence-electron chi connectivity index (χ2n) is 6.04. The number of allylic oxidation sites excluding steroid dienone is 1. The van der Waals surface area contributed by atoms with Gasteiger partial charge >= 0.3 is 6.55 Å². The molecule has 2 aromatic rings. The van der Waals surface area contributed by atoms with Crippen molar-refractivity contribution in [1.82, 2.24) is 14.8 Å². The summed E-state index contributed by atoms with van der Waals surface area (Å²) < 4.78 is 27.4. The summed E-state index contributed by atoms with van der Waals surface area (Å²) in [5.74, 6) is -0.711. The van der Waals surface area contributed by atoms with Crippen molar-refractivity contribution in [2.75, 3.05) is 5.32 Å². The fourth-order valence-corrected chi connectivity index (χ4v) is 2.48. The van der Waals surface area contributed by atoms with Crippen molar-refractivity contribution < 1.29 is 13.6 Å². The molecule has 7 heteroatoms. The average molecular weight is 360 g/mol. The van der Waals surface area contributed by atoms with E-state index in [9.17, 15) is 13.6 Å². The van der Waals surface area contributed by atoms with Crippen LogP contribution in [0, 0.1) is 5.92 Å². The van der Waals surface area contributed by atoms with Gasteiger partial charge in [0.2, 0.25) is 5.91 Å². The minimum absolute atomic E-state index is 0.0919. The Morgan fingerprint density at radius 3 is 2.73 bits per heavy atom. The highest BCUT2D eigenvalue weighted by Crippen LogP contribution is 2.33. The van der Waals surface area contributed by atoms with Crippen LogP contribution in [0.5, 0.6) is 0 Å². The monoisotopic (exact) mass is 360 g/mol. The molecule has 0 saturated carbocycles. The van der Waals surface area contributed by atoms with E-state index in [0.717, 1.165) is 5.69 Å². The first-order valence-corrected chi connectivity index (χ1v) is 8.25. The highest BCUT2D eigenvalue weighted by atomic mass is 19.3. The van der Waals surface area contributed by atoms with Gasteiger partial charge in [0.1, 0.15) is 0 Å². The number of halogens is 2. The molecular weight excluding hydrogens is 338 g/mol. The summed E-state index contributed by atoms with van der Waals surface area (Å²) in [7, 11) is 0. The quantitative estimate of drug-likeness (QED) is 0.689. The average Bonchev–Trinajstić information content (AvgIpc) is 3.05. The fourth-order valence-electron chi connectivity index (χ4n) is 2.48. The highest BCUT2D eigenvalue weighted by Gasteiger charge is 2.22. The largest absolute Gasteiger partial charge is 0.333 e. The van der Waals surface area contributed by atoms with E-state index in [1.807, 2.05) is 6.92 Å². The van der Waals surface area contributed by atoms with Crippen molar-refractivity contribution in [2.45, 2.75) is 32.7 Å². The number of nitrogens with zero attached hydrogens (tertiary/aromatic N) is 3. The molecule has 2 rings (SSSR count). The number of alkyl halides is 2. The van der Waals surface area contributed by atoms with Crippen LogP contribution in [-0.4, -0.2) is 20.7 Å². The number of hydrogen-bond donors (Lipinski definition) is 1. The normalized spacial score (nSPS) is 13.3. The van der Waals surface area contributed by atoms with Gasteiger partial charge < -0.3 is 5.32 Å². The second kappa shape index (κ2) is 8.51. The summed E-state index contributed by atoms with van der Waals surface area (Å²) in [6.07, 6.45) is 6.76. The van der Waals surface area contributed by atoms with Gasteiger partial charge in [-0.15, -0.1) is 13.2 Å². The van der Waals surface area contributed by atoms with Crippen LogP contribution in [0.4, 0.5) is 14.5 Å². The standard InChI is InChI=1S/C19H22F2N4O/c1-5-7-13(4)15-10-14(8-9-22-15)17-16(11-23-25(17)19(20)21)24-18(26)12(3)6-2/h5-6,8-13,19H,1-2,7H2,3-4H3,(H,24,26)/t12-,13?/m1/s1. The zero-order valence-electron chi connectivity index (χ0n) is 14.8. The molecule has 2 heterocycles. The highest BCUT2D eigenvalue weighted by molar-refractivity contribution is 5.96. The van der Waals surface area contributed by atoms with E-state index >= 15 is 0 Å². The maximum Gasteiger partial charge on any atom is 0.333 e. The predicted molar refractivity (Wildman–Crippen MR) is 97.9 cm³/mol. The molecule has 1 amide bonds. The lowest BCUT2D eigenvalue weighted by molar-refractivity contribution is -0.118. The number of carbonyl (C=O) groups excluding carboxylic acids is 1. The van der Waals surface area contributed by atoms with Gasteiger partial charge in [-0.2, -0.15) is 13.9 Å². The summed E-state index contributed by atoms with van der Waals surface area (Å²) in [5.41, 5.74) is 1.61. The van der Waals surface area contributed by atoms with E-state index in [-0.39, 0.29) is 23.2 Å². The Balaban J connectivity index is 2.48. The molecule has 0 aliphatic carbocycles. The molecule has 0 saturated heterocycles. The third-order valence-electron chi connectivity index (χ3n) is 4.08. The molecule has 1 N–H and O–H groups in total. The van der Waals surface area contributed by atoms with Gasteiger partial charge in [0.15, 0.2) is 0 Å². The maximum atomic E-state index is 13.4. The van der Waals surface area contributed by atoms with Crippen molar-refractivity contribution in [3.63, 3.8) is 0 Å². The van der Waals surface area contributed by atoms with Crippen LogP contribution in [0.3, 0.4) is 0 Å². The third kappa shape index (κ3) is 4.22. The van der Waals surface area contributed by atoms with Gasteiger partial charge in [0.25, 0.3) is 0 Å². The van der Waals surface area contributed by atoms with E-state index in [0.29, 0.717) is 16.7 Å². The Hall–Kier alpha value is -2.83. The van der Waals surface area contributed by atoms with Crippen LogP contribution in [0.15, 0.2) is 49.8 Å². The second-order valence-corrected chi connectivity index (χ2v) is 6.04. The number of rotatable bonds is 8. The van der Waals surface area contributed by atoms with Crippen LogP contribution in [0.2, 0.25) is 0 Å². The lowest BCUT2D eigenvalue weighted by Crippen LogP contribution is -2.19. The Morgan fingerprint density at radius 1 is 1.38 bits per heavy atom. The number of pyridine rings is 1. The predicted octanol–water partition coefficient (Wildman–Crippen LogP) is 4.78. The van der Waals surface area contributed by atoms with Gasteiger partial charge in [-0.05, 0) is 18.6 Å². The number of aromatic nitrogens is 3. The van der Waals surface area contributed by atoms with Gasteiger partial charge in [-0.3, -0.25) is 9.78 Å². The molecule has 5 nitrogen and oxygen atoms in total. The first-order valence-electron chi connectivity index (χ1n) is 8.25. The molecule has 26 heavy (non-hydrogen) atoms. The molecule has 0 spiro atoms. The van der Waals surface area contributed by atoms with Crippen molar-refractivity contribution in [3.8, 4) is 11.3 Å². The zero-order valence-corrected chi connectivity index (χ0v) is 14.8. The molecule has 0 aliphatic heterocycles. The molecule has 2 aromatic heterocycles. The summed E-state index contributed by atoms with van der Waals surface area (Å²) in [6, 6.07) is 3.35. The van der Waals surface area contributed by atoms with Crippen molar-refractivity contribution in [1.29, 1.82) is 0 Å². The Morgan fingerprint density at radius 2 is 2.12 bits per heavy atom. The van der Waals surface area contributed by atoms with Crippen molar-refractivity contribution in [3.05, 3.63) is 55.5 Å². The Bertz CT molecular complexity index is 801. The SMILES string of the molecule is C=CCC(C)c1cc(-c2c(NC(=O)[C@H](C)C=C)cnn2C(F)F)ccn1. The summed E-state index contributed by atoms with van der Waals surface area (Å²) >= 11 is 0. The van der Waals surface area contributed by atoms with Crippen LogP contribution in [0.25, 0.3) is 11.3 Å². The number of amides is 1. The molecule has 0 fully saturated rings. The lowest BCUT2D eigenvalue weighted by Gasteiger charge is -2.14. The van der Waals surface area contributed by atoms with E-state index < -0.39 is 12.5 Å². The van der Waals surface area contributed by atoms with Crippen LogP contribution in [-0.2, 0) is 4.79 Å². The first kappa shape index (κ1) is 19.5. The minimum atomic E-state index is -2.84. The molecule has 0 aromatic carbocycles. The van der Waals surface area contributed by atoms with Crippen LogP contribution < -0.4 is 5.32 Å². The van der Waals surface area contributed by atoms with Gasteiger partial charge in [-0.25, -0.2) is 4.68 Å². The van der Waals surface area contributed by atoms with Gasteiger partial charge in [0, 0.05) is 23.4 Å². The Kier molecular flexibility index (Phi) is 6.38. The van der Waals surface area contributed by atoms with Crippen LogP contribution in [0.1, 0.15) is 38.4 Å². The summed E-state index contributed by atoms with van der Waals surface area (Å²) in [5, 5.41) is 6.38. The molecule has 0 aliphatic rings. The molecular formula is C19H22F2N4O. The Labute approximate surface area is 151 Å². The lowest BCUT2D eigenvalue weighted by atomic mass is 10.0. The summed E-state index contributed by atoms with van der Waals surface area (Å²) in [4.78, 5) is 16.4. The third-order valence-corrected chi connectivity index (χ3v) is 4.08. The smallest absolute Gasteiger partial charge is 0.322 e. The van der Waals surface area contributed by atoms with Crippen LogP contribution >= 0.6 is 0 Å². The molecule has 138 valence electrons. The van der Waals surface area contributed by atoms with Gasteiger partial charge in [-0.1, -0.05) is 26.0 Å². The topological polar surface area (TPSA) is 59.8 Å². The van der Waals surface area contributed by atoms with E-state index in [2.05, 4.69) is 28.6 Å². The number of nitrogens with one attached hydrogen (secondary N) is 1. The van der Waals surface area contributed by atoms with Gasteiger partial charge in [0.05, 0.1) is 23.5 Å². The minimum Gasteiger partial charge on any atom is -0.322 e. The first-order chi connectivity index (χ1) is 12.4. The van der Waals surface area contributed by atoms with Crippen molar-refractivity contribution >= 4 is 11.6 Å². The number of anilines is 1. The zero-order chi connectivity index (χ0) is 19.3. The van der Waals surface area contributed by atoms with E-state index in [1.165, 1.54) is 12.3 Å². The van der Waals surface area contributed by atoms with E-state index in [4.69, 9.17) is 0 Å². The number of carbonyl (C=O) groups is 1. The summed E-state index contributed by atoms with van der Waals surface area (Å²) in [6.45, 7) is 8.09. The fraction of sp³-hybridized carbons (Fsp3) is 0.316.